The van der Waals surface area contributed by atoms with Crippen LogP contribution in [0.5, 0.6) is 0 Å². The second kappa shape index (κ2) is 9.71. The van der Waals surface area contributed by atoms with Crippen LogP contribution in [-0.4, -0.2) is 0 Å². The van der Waals surface area contributed by atoms with E-state index < -0.39 is 0 Å². The number of fused-ring (bicyclic) bond motifs is 5. The molecule has 1 heteroatoms. The van der Waals surface area contributed by atoms with E-state index in [1.54, 1.807) is 0 Å². The van der Waals surface area contributed by atoms with Crippen molar-refractivity contribution in [2.24, 2.45) is 0 Å². The fourth-order valence-electron chi connectivity index (χ4n) is 7.15. The van der Waals surface area contributed by atoms with Gasteiger partial charge in [-0.3, -0.25) is 0 Å². The Balaban J connectivity index is 1.42. The van der Waals surface area contributed by atoms with Gasteiger partial charge in [0.1, 0.15) is 0 Å². The smallest absolute Gasteiger partial charge is 0.0546 e. The second-order valence-electron chi connectivity index (χ2n) is 12.3. The Hall–Kier alpha value is -5.14. The van der Waals surface area contributed by atoms with Crippen molar-refractivity contribution in [2.75, 3.05) is 4.90 Å². The third kappa shape index (κ3) is 4.00. The zero-order valence-electron chi connectivity index (χ0n) is 24.8. The first-order valence-electron chi connectivity index (χ1n) is 15.1. The van der Waals surface area contributed by atoms with E-state index in [4.69, 9.17) is 0 Å². The molecule has 1 aliphatic rings. The summed E-state index contributed by atoms with van der Waals surface area (Å²) in [6.07, 6.45) is 0. The van der Waals surface area contributed by atoms with Gasteiger partial charge in [0.25, 0.3) is 0 Å². The molecule has 0 N–H and O–H groups in total. The zero-order chi connectivity index (χ0) is 29.1. The van der Waals surface area contributed by atoms with E-state index in [1.807, 2.05) is 0 Å². The van der Waals surface area contributed by atoms with Crippen LogP contribution in [0.3, 0.4) is 0 Å². The molecule has 0 saturated carbocycles. The minimum atomic E-state index is -0.0795. The SMILES string of the molecule is Cc1ccccc1N(c1ccc2c(c1)C(C)(C)c1ccccc1-2)c1ccc2ccccc2c1-c1ccc2ccccc2c1. The summed E-state index contributed by atoms with van der Waals surface area (Å²) in [5.74, 6) is 0. The van der Waals surface area contributed by atoms with Crippen LogP contribution in [0.15, 0.2) is 146 Å². The first-order chi connectivity index (χ1) is 21.0. The number of hydrogen-bond acceptors (Lipinski definition) is 1. The van der Waals surface area contributed by atoms with Gasteiger partial charge in [-0.2, -0.15) is 0 Å². The molecule has 206 valence electrons. The lowest BCUT2D eigenvalue weighted by Crippen LogP contribution is -2.17. The molecule has 0 fully saturated rings. The Bertz CT molecular complexity index is 2180. The van der Waals surface area contributed by atoms with E-state index in [9.17, 15) is 0 Å². The Morgan fingerprint density at radius 1 is 0.488 bits per heavy atom. The van der Waals surface area contributed by atoms with Crippen LogP contribution in [0, 0.1) is 6.92 Å². The summed E-state index contributed by atoms with van der Waals surface area (Å²) in [5.41, 5.74) is 12.6. The van der Waals surface area contributed by atoms with Gasteiger partial charge in [0.05, 0.1) is 5.69 Å². The van der Waals surface area contributed by atoms with Crippen LogP contribution in [0.25, 0.3) is 43.8 Å². The van der Waals surface area contributed by atoms with Crippen LogP contribution in [-0.2, 0) is 5.41 Å². The van der Waals surface area contributed by atoms with Gasteiger partial charge in [-0.1, -0.05) is 129 Å². The minimum Gasteiger partial charge on any atom is -0.310 e. The molecule has 7 aromatic rings. The fourth-order valence-corrected chi connectivity index (χ4v) is 7.15. The summed E-state index contributed by atoms with van der Waals surface area (Å²) in [6.45, 7) is 6.93. The third-order valence-corrected chi connectivity index (χ3v) is 9.37. The summed E-state index contributed by atoms with van der Waals surface area (Å²) in [6, 6.07) is 53.6. The molecule has 0 saturated heterocycles. The van der Waals surface area contributed by atoms with Crippen molar-refractivity contribution in [2.45, 2.75) is 26.2 Å². The maximum absolute atomic E-state index is 2.48. The number of hydrogen-bond donors (Lipinski definition) is 0. The van der Waals surface area contributed by atoms with E-state index >= 15 is 0 Å². The lowest BCUT2D eigenvalue weighted by atomic mass is 9.82. The van der Waals surface area contributed by atoms with Crippen LogP contribution < -0.4 is 4.90 Å². The molecule has 1 nitrogen and oxygen atoms in total. The predicted molar refractivity (Wildman–Crippen MR) is 184 cm³/mol. The summed E-state index contributed by atoms with van der Waals surface area (Å²) in [4.78, 5) is 2.48. The maximum atomic E-state index is 2.48. The van der Waals surface area contributed by atoms with Crippen molar-refractivity contribution in [3.8, 4) is 22.3 Å². The van der Waals surface area contributed by atoms with Gasteiger partial charge < -0.3 is 4.90 Å². The number of para-hydroxylation sites is 1. The van der Waals surface area contributed by atoms with Gasteiger partial charge in [0, 0.05) is 22.4 Å². The first-order valence-corrected chi connectivity index (χ1v) is 15.1. The van der Waals surface area contributed by atoms with Gasteiger partial charge in [-0.05, 0) is 92.2 Å². The molecule has 0 aromatic heterocycles. The molecule has 0 heterocycles. The van der Waals surface area contributed by atoms with Crippen LogP contribution in [0.2, 0.25) is 0 Å². The highest BCUT2D eigenvalue weighted by molar-refractivity contribution is 6.07. The molecule has 8 rings (SSSR count). The molecule has 7 aromatic carbocycles. The molecule has 0 amide bonds. The standard InChI is InChI=1S/C42H33N/c1-28-12-4-11-19-39(28)43(33-23-24-36-35-17-9-10-18-37(35)42(2,3)38(36)27-33)40-25-22-30-14-7-8-16-34(30)41(40)32-21-20-29-13-5-6-15-31(29)26-32/h4-27H,1-3H3. The van der Waals surface area contributed by atoms with Crippen molar-refractivity contribution in [1.29, 1.82) is 0 Å². The Kier molecular flexibility index (Phi) is 5.77. The molecular weight excluding hydrogens is 518 g/mol. The van der Waals surface area contributed by atoms with E-state index in [-0.39, 0.29) is 5.41 Å². The van der Waals surface area contributed by atoms with E-state index in [1.165, 1.54) is 77.6 Å². The molecule has 0 spiro atoms. The molecule has 1 aliphatic carbocycles. The van der Waals surface area contributed by atoms with Gasteiger partial charge in [-0.25, -0.2) is 0 Å². The number of anilines is 3. The highest BCUT2D eigenvalue weighted by atomic mass is 15.1. The summed E-state index contributed by atoms with van der Waals surface area (Å²) in [5, 5.41) is 5.00. The quantitative estimate of drug-likeness (QED) is 0.210. The number of aryl methyl sites for hydroxylation is 1. The largest absolute Gasteiger partial charge is 0.310 e. The topological polar surface area (TPSA) is 3.24 Å². The molecule has 0 atom stereocenters. The van der Waals surface area contributed by atoms with Crippen LogP contribution in [0.1, 0.15) is 30.5 Å². The molecule has 0 unspecified atom stereocenters. The first kappa shape index (κ1) is 25.6. The van der Waals surface area contributed by atoms with Crippen molar-refractivity contribution in [3.63, 3.8) is 0 Å². The molecule has 0 aliphatic heterocycles. The monoisotopic (exact) mass is 551 g/mol. The van der Waals surface area contributed by atoms with Crippen molar-refractivity contribution in [3.05, 3.63) is 162 Å². The average molecular weight is 552 g/mol. The molecule has 43 heavy (non-hydrogen) atoms. The Labute approximate surface area is 253 Å². The normalized spacial score (nSPS) is 13.2. The Morgan fingerprint density at radius 2 is 1.16 bits per heavy atom. The predicted octanol–water partition coefficient (Wildman–Crippen LogP) is 11.7. The molecule has 0 bridgehead atoms. The van der Waals surface area contributed by atoms with E-state index in [0.717, 1.165) is 0 Å². The Morgan fingerprint density at radius 3 is 2.02 bits per heavy atom. The van der Waals surface area contributed by atoms with Gasteiger partial charge >= 0.3 is 0 Å². The maximum Gasteiger partial charge on any atom is 0.0546 e. The van der Waals surface area contributed by atoms with Crippen molar-refractivity contribution in [1.82, 2.24) is 0 Å². The van der Waals surface area contributed by atoms with Crippen LogP contribution in [0.4, 0.5) is 17.1 Å². The molecule has 0 radical (unpaired) electrons. The van der Waals surface area contributed by atoms with Crippen LogP contribution >= 0.6 is 0 Å². The van der Waals surface area contributed by atoms with E-state index in [0.29, 0.717) is 0 Å². The van der Waals surface area contributed by atoms with Crippen molar-refractivity contribution < 1.29 is 0 Å². The lowest BCUT2D eigenvalue weighted by Gasteiger charge is -2.31. The highest BCUT2D eigenvalue weighted by Crippen LogP contribution is 2.52. The van der Waals surface area contributed by atoms with Gasteiger partial charge in [0.15, 0.2) is 0 Å². The fraction of sp³-hybridized carbons (Fsp3) is 0.0952. The number of benzene rings is 7. The van der Waals surface area contributed by atoms with E-state index in [2.05, 4.69) is 171 Å². The minimum absolute atomic E-state index is 0.0795. The van der Waals surface area contributed by atoms with Crippen molar-refractivity contribution >= 4 is 38.6 Å². The summed E-state index contributed by atoms with van der Waals surface area (Å²) in [7, 11) is 0. The van der Waals surface area contributed by atoms with Gasteiger partial charge in [0.2, 0.25) is 0 Å². The summed E-state index contributed by atoms with van der Waals surface area (Å²) >= 11 is 0. The lowest BCUT2D eigenvalue weighted by molar-refractivity contribution is 0.660. The number of rotatable bonds is 4. The highest BCUT2D eigenvalue weighted by Gasteiger charge is 2.36. The zero-order valence-corrected chi connectivity index (χ0v) is 24.8. The molecular formula is C42H33N. The second-order valence-corrected chi connectivity index (χ2v) is 12.3. The number of nitrogens with zero attached hydrogens (tertiary/aromatic N) is 1. The summed E-state index contributed by atoms with van der Waals surface area (Å²) < 4.78 is 0. The third-order valence-electron chi connectivity index (χ3n) is 9.37. The average Bonchev–Trinajstić information content (AvgIpc) is 3.27. The van der Waals surface area contributed by atoms with Gasteiger partial charge in [-0.15, -0.1) is 0 Å².